The number of aromatic nitrogens is 3. The minimum Gasteiger partial charge on any atom is -0.486 e. The molecule has 0 bridgehead atoms. The van der Waals surface area contributed by atoms with Crippen LogP contribution in [0.25, 0.3) is 22.4 Å². The molecule has 0 saturated carbocycles. The van der Waals surface area contributed by atoms with Crippen molar-refractivity contribution < 1.29 is 18.8 Å². The van der Waals surface area contributed by atoms with Gasteiger partial charge in [0.05, 0.1) is 5.52 Å². The van der Waals surface area contributed by atoms with Crippen LogP contribution in [-0.4, -0.2) is 52.4 Å². The highest BCUT2D eigenvalue weighted by Crippen LogP contribution is 2.33. The number of anilines is 1. The van der Waals surface area contributed by atoms with Crippen molar-refractivity contribution in [2.75, 3.05) is 31.6 Å². The van der Waals surface area contributed by atoms with Crippen molar-refractivity contribution >= 4 is 22.6 Å². The lowest BCUT2D eigenvalue weighted by Crippen LogP contribution is -2.40. The molecule has 2 aliphatic rings. The van der Waals surface area contributed by atoms with Gasteiger partial charge in [-0.25, -0.2) is 9.78 Å². The Kier molecular flexibility index (Phi) is 5.21. The highest BCUT2D eigenvalue weighted by Gasteiger charge is 2.28. The van der Waals surface area contributed by atoms with E-state index in [1.54, 1.807) is 11.0 Å². The molecule has 4 heterocycles. The van der Waals surface area contributed by atoms with E-state index in [0.29, 0.717) is 60.9 Å². The minimum atomic E-state index is -0.137. The Labute approximate surface area is 195 Å². The molecule has 1 fully saturated rings. The highest BCUT2D eigenvalue weighted by atomic mass is 16.6. The fourth-order valence-electron chi connectivity index (χ4n) is 4.35. The van der Waals surface area contributed by atoms with Crippen LogP contribution in [0, 0.1) is 0 Å². The molecule has 0 unspecified atom stereocenters. The van der Waals surface area contributed by atoms with Crippen molar-refractivity contribution in [1.29, 1.82) is 0 Å². The molecule has 34 heavy (non-hydrogen) atoms. The van der Waals surface area contributed by atoms with Crippen molar-refractivity contribution in [1.82, 2.24) is 20.0 Å². The number of piperidine rings is 1. The van der Waals surface area contributed by atoms with Crippen LogP contribution in [0.4, 0.5) is 10.5 Å². The Morgan fingerprint density at radius 1 is 0.941 bits per heavy atom. The smallest absolute Gasteiger partial charge is 0.321 e. The number of amides is 2. The van der Waals surface area contributed by atoms with Crippen molar-refractivity contribution in [3.8, 4) is 23.0 Å². The molecule has 1 saturated heterocycles. The number of hydrogen-bond acceptors (Lipinski definition) is 7. The maximum Gasteiger partial charge on any atom is 0.321 e. The topological polar surface area (TPSA) is 103 Å². The lowest BCUT2D eigenvalue weighted by molar-refractivity contribution is 0.171. The number of rotatable bonds is 3. The molecule has 6 rings (SSSR count). The molecule has 2 amide bonds. The Morgan fingerprint density at radius 2 is 1.76 bits per heavy atom. The molecular weight excluding hydrogens is 434 g/mol. The van der Waals surface area contributed by atoms with Crippen molar-refractivity contribution in [2.24, 2.45) is 0 Å². The lowest BCUT2D eigenvalue weighted by Gasteiger charge is -2.30. The van der Waals surface area contributed by atoms with Gasteiger partial charge in [0.2, 0.25) is 11.7 Å². The summed E-state index contributed by atoms with van der Waals surface area (Å²) in [4.78, 5) is 23.8. The summed E-state index contributed by atoms with van der Waals surface area (Å²) >= 11 is 0. The number of nitrogens with zero attached hydrogens (tertiary/aromatic N) is 4. The predicted molar refractivity (Wildman–Crippen MR) is 125 cm³/mol. The summed E-state index contributed by atoms with van der Waals surface area (Å²) in [5.74, 6) is 2.54. The molecule has 2 aromatic heterocycles. The Morgan fingerprint density at radius 3 is 2.65 bits per heavy atom. The first-order chi connectivity index (χ1) is 16.7. The summed E-state index contributed by atoms with van der Waals surface area (Å²) in [5, 5.41) is 8.16. The van der Waals surface area contributed by atoms with Gasteiger partial charge in [-0.15, -0.1) is 0 Å². The molecule has 0 radical (unpaired) electrons. The number of carbonyl (C=O) groups is 1. The Hall–Kier alpha value is -4.14. The number of carbonyl (C=O) groups excluding carboxylic acids is 1. The van der Waals surface area contributed by atoms with Crippen molar-refractivity contribution in [3.63, 3.8) is 0 Å². The van der Waals surface area contributed by atoms with Crippen LogP contribution >= 0.6 is 0 Å². The van der Waals surface area contributed by atoms with E-state index in [2.05, 4.69) is 20.4 Å². The van der Waals surface area contributed by atoms with Gasteiger partial charge in [-0.3, -0.25) is 0 Å². The lowest BCUT2D eigenvalue weighted by atomic mass is 9.97. The van der Waals surface area contributed by atoms with E-state index in [1.165, 1.54) is 0 Å². The van der Waals surface area contributed by atoms with Gasteiger partial charge >= 0.3 is 6.03 Å². The molecule has 2 aromatic carbocycles. The molecule has 9 heteroatoms. The highest BCUT2D eigenvalue weighted by molar-refractivity contribution is 5.89. The zero-order chi connectivity index (χ0) is 22.9. The summed E-state index contributed by atoms with van der Waals surface area (Å²) < 4.78 is 16.7. The van der Waals surface area contributed by atoms with Crippen LogP contribution in [0.5, 0.6) is 11.5 Å². The Balaban J connectivity index is 1.08. The zero-order valence-electron chi connectivity index (χ0n) is 18.4. The number of fused-ring (bicyclic) bond motifs is 2. The molecule has 1 N–H and O–H groups in total. The molecule has 4 aromatic rings. The quantitative estimate of drug-likeness (QED) is 0.484. The summed E-state index contributed by atoms with van der Waals surface area (Å²) in [6, 6.07) is 17.1. The molecule has 172 valence electrons. The van der Waals surface area contributed by atoms with Gasteiger partial charge in [0.1, 0.15) is 18.9 Å². The molecule has 2 aliphatic heterocycles. The summed E-state index contributed by atoms with van der Waals surface area (Å²) in [6.45, 7) is 2.25. The maximum atomic E-state index is 12.8. The average Bonchev–Trinajstić information content (AvgIpc) is 3.39. The van der Waals surface area contributed by atoms with Crippen LogP contribution in [0.1, 0.15) is 24.7 Å². The van der Waals surface area contributed by atoms with Gasteiger partial charge < -0.3 is 24.2 Å². The first kappa shape index (κ1) is 20.5. The number of ether oxygens (including phenoxy) is 2. The second-order valence-corrected chi connectivity index (χ2v) is 8.40. The monoisotopic (exact) mass is 457 g/mol. The third-order valence-electron chi connectivity index (χ3n) is 6.19. The molecule has 0 spiro atoms. The number of para-hydroxylation sites is 1. The number of benzene rings is 2. The van der Waals surface area contributed by atoms with E-state index in [4.69, 9.17) is 14.0 Å². The van der Waals surface area contributed by atoms with Gasteiger partial charge in [-0.05, 0) is 37.1 Å². The normalized spacial score (nSPS) is 15.9. The number of pyridine rings is 1. The van der Waals surface area contributed by atoms with Crippen LogP contribution in [0.3, 0.4) is 0 Å². The van der Waals surface area contributed by atoms with Gasteiger partial charge in [-0.1, -0.05) is 29.4 Å². The number of urea groups is 1. The average molecular weight is 457 g/mol. The standard InChI is InChI=1S/C25H23N5O4/c31-25(26-18-6-8-21-22(15-18)33-14-13-32-21)30-11-9-17(10-12-30)24-28-23(29-34-24)20-7-5-16-3-1-2-4-19(16)27-20/h1-8,15,17H,9-14H2,(H,26,31). The van der Waals surface area contributed by atoms with Gasteiger partial charge in [0.15, 0.2) is 11.5 Å². The minimum absolute atomic E-state index is 0.111. The molecule has 0 aliphatic carbocycles. The molecule has 0 atom stereocenters. The predicted octanol–water partition coefficient (Wildman–Crippen LogP) is 4.47. The first-order valence-corrected chi connectivity index (χ1v) is 11.4. The van der Waals surface area contributed by atoms with Crippen LogP contribution in [0.2, 0.25) is 0 Å². The summed E-state index contributed by atoms with van der Waals surface area (Å²) in [5.41, 5.74) is 2.26. The van der Waals surface area contributed by atoms with E-state index < -0.39 is 0 Å². The molecular formula is C25H23N5O4. The second kappa shape index (κ2) is 8.66. The van der Waals surface area contributed by atoms with Gasteiger partial charge in [0, 0.05) is 36.1 Å². The number of nitrogens with one attached hydrogen (secondary N) is 1. The third kappa shape index (κ3) is 4.00. The van der Waals surface area contributed by atoms with Crippen LogP contribution in [-0.2, 0) is 0 Å². The van der Waals surface area contributed by atoms with Crippen molar-refractivity contribution in [2.45, 2.75) is 18.8 Å². The maximum absolute atomic E-state index is 12.8. The fraction of sp³-hybridized carbons (Fsp3) is 0.280. The van der Waals surface area contributed by atoms with E-state index in [0.717, 1.165) is 23.7 Å². The zero-order valence-corrected chi connectivity index (χ0v) is 18.4. The largest absolute Gasteiger partial charge is 0.486 e. The Bertz CT molecular complexity index is 1350. The van der Waals surface area contributed by atoms with Gasteiger partial charge in [0.25, 0.3) is 0 Å². The number of likely N-dealkylation sites (tertiary alicyclic amines) is 1. The number of hydrogen-bond donors (Lipinski definition) is 1. The van der Waals surface area contributed by atoms with E-state index in [-0.39, 0.29) is 11.9 Å². The SMILES string of the molecule is O=C(Nc1ccc2c(c1)OCCO2)N1CCC(c2nc(-c3ccc4ccccc4n3)no2)CC1. The first-order valence-electron chi connectivity index (χ1n) is 11.4. The summed E-state index contributed by atoms with van der Waals surface area (Å²) in [7, 11) is 0. The molecule has 9 nitrogen and oxygen atoms in total. The van der Waals surface area contributed by atoms with Crippen LogP contribution < -0.4 is 14.8 Å². The van der Waals surface area contributed by atoms with E-state index >= 15 is 0 Å². The summed E-state index contributed by atoms with van der Waals surface area (Å²) in [6.07, 6.45) is 1.50. The second-order valence-electron chi connectivity index (χ2n) is 8.40. The fourth-order valence-corrected chi connectivity index (χ4v) is 4.35. The van der Waals surface area contributed by atoms with E-state index in [9.17, 15) is 4.79 Å². The van der Waals surface area contributed by atoms with Crippen molar-refractivity contribution in [3.05, 3.63) is 60.5 Å². The van der Waals surface area contributed by atoms with Crippen LogP contribution in [0.15, 0.2) is 59.1 Å². The van der Waals surface area contributed by atoms with Gasteiger partial charge in [-0.2, -0.15) is 4.98 Å². The third-order valence-corrected chi connectivity index (χ3v) is 6.19. The van der Waals surface area contributed by atoms with E-state index in [1.807, 2.05) is 48.5 Å².